The standard InChI is InChI=1S/C16H23ClN2O/c17-13-3-1-2-12(10-13)16(20)7-4-15(5-8-16)19-9-6-14(18)11-19/h1-3,10,14-15,20H,4-9,11,18H2/t14-,15?,16?/m1/s1. The van der Waals surface area contributed by atoms with Gasteiger partial charge in [-0.25, -0.2) is 0 Å². The minimum Gasteiger partial charge on any atom is -0.385 e. The molecule has 1 saturated heterocycles. The summed E-state index contributed by atoms with van der Waals surface area (Å²) < 4.78 is 0. The molecule has 1 aromatic carbocycles. The molecule has 0 spiro atoms. The minimum absolute atomic E-state index is 0.337. The van der Waals surface area contributed by atoms with Crippen molar-refractivity contribution in [3.05, 3.63) is 34.9 Å². The molecule has 2 aliphatic rings. The van der Waals surface area contributed by atoms with E-state index < -0.39 is 5.60 Å². The van der Waals surface area contributed by atoms with Crippen LogP contribution >= 0.6 is 11.6 Å². The third-order valence-corrected chi connectivity index (χ3v) is 5.15. The summed E-state index contributed by atoms with van der Waals surface area (Å²) in [5, 5.41) is 11.6. The van der Waals surface area contributed by atoms with Gasteiger partial charge in [-0.05, 0) is 49.8 Å². The molecule has 1 aliphatic heterocycles. The second-order valence-electron chi connectivity index (χ2n) is 6.32. The average molecular weight is 295 g/mol. The first-order valence-corrected chi connectivity index (χ1v) is 7.93. The van der Waals surface area contributed by atoms with E-state index in [9.17, 15) is 5.11 Å². The van der Waals surface area contributed by atoms with Gasteiger partial charge in [-0.3, -0.25) is 4.90 Å². The number of benzene rings is 1. The van der Waals surface area contributed by atoms with Crippen molar-refractivity contribution in [2.45, 2.75) is 49.8 Å². The van der Waals surface area contributed by atoms with Crippen LogP contribution in [0.25, 0.3) is 0 Å². The zero-order chi connectivity index (χ0) is 14.2. The first-order valence-electron chi connectivity index (χ1n) is 7.55. The van der Waals surface area contributed by atoms with Gasteiger partial charge in [0.1, 0.15) is 0 Å². The Morgan fingerprint density at radius 3 is 2.60 bits per heavy atom. The Kier molecular flexibility index (Phi) is 4.04. The molecule has 1 heterocycles. The van der Waals surface area contributed by atoms with E-state index >= 15 is 0 Å². The molecule has 0 amide bonds. The predicted molar refractivity (Wildman–Crippen MR) is 81.8 cm³/mol. The van der Waals surface area contributed by atoms with Gasteiger partial charge < -0.3 is 10.8 Å². The van der Waals surface area contributed by atoms with Crippen molar-refractivity contribution in [2.24, 2.45) is 5.73 Å². The summed E-state index contributed by atoms with van der Waals surface area (Å²) in [6.45, 7) is 2.13. The first kappa shape index (κ1) is 14.3. The fraction of sp³-hybridized carbons (Fsp3) is 0.625. The molecule has 4 heteroatoms. The molecule has 1 aromatic rings. The Balaban J connectivity index is 1.65. The minimum atomic E-state index is -0.705. The summed E-state index contributed by atoms with van der Waals surface area (Å²) >= 11 is 6.04. The molecular weight excluding hydrogens is 272 g/mol. The third-order valence-electron chi connectivity index (χ3n) is 4.92. The molecule has 1 aliphatic carbocycles. The highest BCUT2D eigenvalue weighted by Crippen LogP contribution is 2.39. The number of nitrogens with two attached hydrogens (primary N) is 1. The number of hydrogen-bond donors (Lipinski definition) is 2. The fourth-order valence-corrected chi connectivity index (χ4v) is 3.85. The van der Waals surface area contributed by atoms with Crippen LogP contribution in [0.2, 0.25) is 5.02 Å². The summed E-state index contributed by atoms with van der Waals surface area (Å²) in [4.78, 5) is 2.50. The predicted octanol–water partition coefficient (Wildman–Crippen LogP) is 2.50. The molecule has 3 N–H and O–H groups in total. The molecule has 0 unspecified atom stereocenters. The first-order chi connectivity index (χ1) is 9.57. The average Bonchev–Trinajstić information content (AvgIpc) is 2.86. The van der Waals surface area contributed by atoms with Crippen LogP contribution in [0.4, 0.5) is 0 Å². The monoisotopic (exact) mass is 294 g/mol. The molecule has 1 saturated carbocycles. The summed E-state index contributed by atoms with van der Waals surface area (Å²) in [5.74, 6) is 0. The highest BCUT2D eigenvalue weighted by molar-refractivity contribution is 6.30. The zero-order valence-corrected chi connectivity index (χ0v) is 12.5. The number of likely N-dealkylation sites (tertiary alicyclic amines) is 1. The van der Waals surface area contributed by atoms with Crippen LogP contribution in [0.15, 0.2) is 24.3 Å². The summed E-state index contributed by atoms with van der Waals surface area (Å²) in [6.07, 6.45) is 4.80. The van der Waals surface area contributed by atoms with Gasteiger partial charge in [0.2, 0.25) is 0 Å². The van der Waals surface area contributed by atoms with E-state index in [1.54, 1.807) is 0 Å². The third kappa shape index (κ3) is 2.86. The van der Waals surface area contributed by atoms with E-state index in [1.807, 2.05) is 24.3 Å². The van der Waals surface area contributed by atoms with E-state index in [2.05, 4.69) is 4.90 Å². The van der Waals surface area contributed by atoms with Crippen LogP contribution in [0.1, 0.15) is 37.7 Å². The molecule has 1 atom stereocenters. The van der Waals surface area contributed by atoms with E-state index in [1.165, 1.54) is 0 Å². The smallest absolute Gasteiger partial charge is 0.0898 e. The lowest BCUT2D eigenvalue weighted by Crippen LogP contribution is -2.42. The number of rotatable bonds is 2. The summed E-state index contributed by atoms with van der Waals surface area (Å²) in [6, 6.07) is 8.57. The molecule has 2 fully saturated rings. The maximum atomic E-state index is 10.9. The number of nitrogens with zero attached hydrogens (tertiary/aromatic N) is 1. The van der Waals surface area contributed by atoms with Gasteiger partial charge >= 0.3 is 0 Å². The highest BCUT2D eigenvalue weighted by atomic mass is 35.5. The van der Waals surface area contributed by atoms with Crippen LogP contribution in [0.3, 0.4) is 0 Å². The Hall–Kier alpha value is -0.610. The van der Waals surface area contributed by atoms with Gasteiger partial charge in [-0.15, -0.1) is 0 Å². The van der Waals surface area contributed by atoms with Crippen molar-refractivity contribution >= 4 is 11.6 Å². The molecule has 0 radical (unpaired) electrons. The second-order valence-corrected chi connectivity index (χ2v) is 6.75. The molecule has 110 valence electrons. The Morgan fingerprint density at radius 2 is 2.00 bits per heavy atom. The van der Waals surface area contributed by atoms with Gasteiger partial charge in [0.25, 0.3) is 0 Å². The van der Waals surface area contributed by atoms with Crippen molar-refractivity contribution in [1.29, 1.82) is 0 Å². The summed E-state index contributed by atoms with van der Waals surface area (Å²) in [5.41, 5.74) is 6.24. The molecule has 3 rings (SSSR count). The Labute approximate surface area is 125 Å². The lowest BCUT2D eigenvalue weighted by atomic mass is 9.77. The van der Waals surface area contributed by atoms with E-state index in [0.29, 0.717) is 17.1 Å². The second kappa shape index (κ2) is 5.64. The van der Waals surface area contributed by atoms with Crippen molar-refractivity contribution in [3.8, 4) is 0 Å². The topological polar surface area (TPSA) is 49.5 Å². The maximum absolute atomic E-state index is 10.9. The van der Waals surface area contributed by atoms with Crippen LogP contribution in [-0.2, 0) is 5.60 Å². The van der Waals surface area contributed by atoms with Gasteiger partial charge in [0.05, 0.1) is 5.60 Å². The van der Waals surface area contributed by atoms with Gasteiger partial charge in [0, 0.05) is 30.2 Å². The highest BCUT2D eigenvalue weighted by Gasteiger charge is 2.37. The van der Waals surface area contributed by atoms with E-state index in [-0.39, 0.29) is 0 Å². The maximum Gasteiger partial charge on any atom is 0.0898 e. The number of halogens is 1. The zero-order valence-electron chi connectivity index (χ0n) is 11.8. The van der Waals surface area contributed by atoms with Gasteiger partial charge in [0.15, 0.2) is 0 Å². The van der Waals surface area contributed by atoms with Gasteiger partial charge in [-0.1, -0.05) is 23.7 Å². The molecule has 0 aromatic heterocycles. The molecule has 0 bridgehead atoms. The van der Waals surface area contributed by atoms with E-state index in [4.69, 9.17) is 17.3 Å². The Morgan fingerprint density at radius 1 is 1.25 bits per heavy atom. The lowest BCUT2D eigenvalue weighted by Gasteiger charge is -2.40. The number of aliphatic hydroxyl groups is 1. The molecule has 3 nitrogen and oxygen atoms in total. The fourth-order valence-electron chi connectivity index (χ4n) is 3.66. The van der Waals surface area contributed by atoms with Crippen molar-refractivity contribution in [2.75, 3.05) is 13.1 Å². The van der Waals surface area contributed by atoms with Crippen LogP contribution in [0.5, 0.6) is 0 Å². The number of hydrogen-bond acceptors (Lipinski definition) is 3. The van der Waals surface area contributed by atoms with Crippen LogP contribution in [-0.4, -0.2) is 35.2 Å². The summed E-state index contributed by atoms with van der Waals surface area (Å²) in [7, 11) is 0. The van der Waals surface area contributed by atoms with Crippen LogP contribution < -0.4 is 5.73 Å². The molecule has 20 heavy (non-hydrogen) atoms. The molecular formula is C16H23ClN2O. The van der Waals surface area contributed by atoms with Gasteiger partial charge in [-0.2, -0.15) is 0 Å². The van der Waals surface area contributed by atoms with E-state index in [0.717, 1.165) is 50.8 Å². The largest absolute Gasteiger partial charge is 0.385 e. The van der Waals surface area contributed by atoms with Crippen LogP contribution in [0, 0.1) is 0 Å². The lowest BCUT2D eigenvalue weighted by molar-refractivity contribution is -0.0222. The Bertz CT molecular complexity index is 471. The van der Waals surface area contributed by atoms with Crippen molar-refractivity contribution in [1.82, 2.24) is 4.90 Å². The normalized spacial score (nSPS) is 35.4. The quantitative estimate of drug-likeness (QED) is 0.881. The van der Waals surface area contributed by atoms with Crippen molar-refractivity contribution in [3.63, 3.8) is 0 Å². The SMILES string of the molecule is N[C@@H]1CCN(C2CCC(O)(c3cccc(Cl)c3)CC2)C1. The van der Waals surface area contributed by atoms with Crippen molar-refractivity contribution < 1.29 is 5.11 Å².